The number of benzene rings is 1. The monoisotopic (exact) mass is 269 g/mol. The van der Waals surface area contributed by atoms with E-state index in [0.29, 0.717) is 11.1 Å². The second kappa shape index (κ2) is 6.07. The number of carboxylic acid groups (broad SMARTS) is 1. The molecule has 0 aromatic heterocycles. The van der Waals surface area contributed by atoms with Crippen molar-refractivity contribution in [2.45, 2.75) is 25.4 Å². The summed E-state index contributed by atoms with van der Waals surface area (Å²) in [5.41, 5.74) is 0.962. The minimum Gasteiger partial charge on any atom is -0.478 e. The Bertz CT molecular complexity index is 430. The first kappa shape index (κ1) is 13.2. The van der Waals surface area contributed by atoms with Gasteiger partial charge in [0.2, 0.25) is 0 Å². The van der Waals surface area contributed by atoms with Crippen LogP contribution in [0.1, 0.15) is 29.6 Å². The zero-order chi connectivity index (χ0) is 13.0. The third-order valence-corrected chi connectivity index (χ3v) is 3.33. The number of anilines is 1. The molecule has 1 aromatic carbocycles. The summed E-state index contributed by atoms with van der Waals surface area (Å²) >= 11 is 6.01. The molecule has 0 amide bonds. The SMILES string of the molecule is O=C(O)c1ccc(NCCC2CCCO2)c(Cl)c1. The molecule has 1 aliphatic rings. The Labute approximate surface area is 111 Å². The normalized spacial score (nSPS) is 18.8. The average Bonchev–Trinajstić information content (AvgIpc) is 2.84. The van der Waals surface area contributed by atoms with Gasteiger partial charge in [-0.25, -0.2) is 4.79 Å². The van der Waals surface area contributed by atoms with Gasteiger partial charge in [0, 0.05) is 13.2 Å². The molecule has 1 unspecified atom stereocenters. The number of hydrogen-bond donors (Lipinski definition) is 2. The van der Waals surface area contributed by atoms with Gasteiger partial charge >= 0.3 is 5.97 Å². The van der Waals surface area contributed by atoms with Gasteiger partial charge in [0.25, 0.3) is 0 Å². The molecule has 0 spiro atoms. The lowest BCUT2D eigenvalue weighted by molar-refractivity contribution is 0.0697. The Hall–Kier alpha value is -1.26. The standard InChI is InChI=1S/C13H16ClNO3/c14-11-8-9(13(16)17)3-4-12(11)15-6-5-10-2-1-7-18-10/h3-4,8,10,15H,1-2,5-7H2,(H,16,17). The van der Waals surface area contributed by atoms with Crippen molar-refractivity contribution in [3.63, 3.8) is 0 Å². The summed E-state index contributed by atoms with van der Waals surface area (Å²) in [5.74, 6) is -0.970. The van der Waals surface area contributed by atoms with Gasteiger partial charge in [-0.3, -0.25) is 0 Å². The average molecular weight is 270 g/mol. The molecule has 2 rings (SSSR count). The molecule has 1 saturated heterocycles. The first-order chi connectivity index (χ1) is 8.66. The van der Waals surface area contributed by atoms with E-state index in [9.17, 15) is 4.79 Å². The van der Waals surface area contributed by atoms with E-state index in [0.717, 1.165) is 38.1 Å². The van der Waals surface area contributed by atoms with E-state index < -0.39 is 5.97 Å². The maximum absolute atomic E-state index is 10.8. The minimum absolute atomic E-state index is 0.199. The molecule has 4 nitrogen and oxygen atoms in total. The lowest BCUT2D eigenvalue weighted by atomic mass is 10.1. The van der Waals surface area contributed by atoms with Crippen LogP contribution in [-0.4, -0.2) is 30.3 Å². The lowest BCUT2D eigenvalue weighted by Crippen LogP contribution is -2.12. The van der Waals surface area contributed by atoms with E-state index in [4.69, 9.17) is 21.4 Å². The van der Waals surface area contributed by atoms with Crippen LogP contribution in [0.3, 0.4) is 0 Å². The molecule has 1 atom stereocenters. The Kier molecular flexibility index (Phi) is 4.44. The van der Waals surface area contributed by atoms with Crippen molar-refractivity contribution in [2.75, 3.05) is 18.5 Å². The van der Waals surface area contributed by atoms with Crippen molar-refractivity contribution in [3.05, 3.63) is 28.8 Å². The Balaban J connectivity index is 1.87. The predicted octanol–water partition coefficient (Wildman–Crippen LogP) is 3.02. The highest BCUT2D eigenvalue weighted by atomic mass is 35.5. The van der Waals surface area contributed by atoms with E-state index in [1.54, 1.807) is 12.1 Å². The maximum Gasteiger partial charge on any atom is 0.335 e. The van der Waals surface area contributed by atoms with Gasteiger partial charge in [-0.05, 0) is 37.5 Å². The van der Waals surface area contributed by atoms with Crippen LogP contribution in [-0.2, 0) is 4.74 Å². The van der Waals surface area contributed by atoms with E-state index in [2.05, 4.69) is 5.32 Å². The van der Waals surface area contributed by atoms with E-state index in [1.807, 2.05) is 0 Å². The van der Waals surface area contributed by atoms with Crippen LogP contribution in [0, 0.1) is 0 Å². The zero-order valence-corrected chi connectivity index (χ0v) is 10.7. The number of halogens is 1. The molecule has 5 heteroatoms. The zero-order valence-electron chi connectivity index (χ0n) is 9.99. The Morgan fingerprint density at radius 1 is 1.56 bits per heavy atom. The van der Waals surface area contributed by atoms with E-state index in [1.165, 1.54) is 6.07 Å². The Morgan fingerprint density at radius 2 is 2.39 bits per heavy atom. The van der Waals surface area contributed by atoms with Gasteiger partial charge < -0.3 is 15.2 Å². The molecule has 0 radical (unpaired) electrons. The molecule has 0 saturated carbocycles. The molecular weight excluding hydrogens is 254 g/mol. The van der Waals surface area contributed by atoms with Crippen LogP contribution in [0.5, 0.6) is 0 Å². The van der Waals surface area contributed by atoms with Crippen LogP contribution >= 0.6 is 11.6 Å². The van der Waals surface area contributed by atoms with Gasteiger partial charge in [-0.2, -0.15) is 0 Å². The lowest BCUT2D eigenvalue weighted by Gasteiger charge is -2.12. The van der Waals surface area contributed by atoms with Crippen LogP contribution < -0.4 is 5.32 Å². The highest BCUT2D eigenvalue weighted by Crippen LogP contribution is 2.23. The van der Waals surface area contributed by atoms with Crippen molar-refractivity contribution in [3.8, 4) is 0 Å². The number of hydrogen-bond acceptors (Lipinski definition) is 3. The third kappa shape index (κ3) is 3.37. The predicted molar refractivity (Wildman–Crippen MR) is 70.5 cm³/mol. The van der Waals surface area contributed by atoms with E-state index in [-0.39, 0.29) is 5.56 Å². The fraction of sp³-hybridized carbons (Fsp3) is 0.462. The van der Waals surface area contributed by atoms with Crippen LogP contribution in [0.15, 0.2) is 18.2 Å². The van der Waals surface area contributed by atoms with Crippen molar-refractivity contribution >= 4 is 23.3 Å². The molecule has 1 heterocycles. The third-order valence-electron chi connectivity index (χ3n) is 3.02. The van der Waals surface area contributed by atoms with Crippen molar-refractivity contribution < 1.29 is 14.6 Å². The summed E-state index contributed by atoms with van der Waals surface area (Å²) in [6, 6.07) is 4.70. The number of rotatable bonds is 5. The van der Waals surface area contributed by atoms with Gasteiger partial charge in [0.15, 0.2) is 0 Å². The largest absolute Gasteiger partial charge is 0.478 e. The van der Waals surface area contributed by atoms with Gasteiger partial charge in [0.1, 0.15) is 0 Å². The minimum atomic E-state index is -0.970. The first-order valence-corrected chi connectivity index (χ1v) is 6.43. The van der Waals surface area contributed by atoms with Gasteiger partial charge in [-0.1, -0.05) is 11.6 Å². The quantitative estimate of drug-likeness (QED) is 0.863. The van der Waals surface area contributed by atoms with Crippen molar-refractivity contribution in [1.82, 2.24) is 0 Å². The first-order valence-electron chi connectivity index (χ1n) is 6.05. The van der Waals surface area contributed by atoms with Gasteiger partial charge in [-0.15, -0.1) is 0 Å². The molecule has 1 fully saturated rings. The van der Waals surface area contributed by atoms with E-state index >= 15 is 0 Å². The summed E-state index contributed by atoms with van der Waals surface area (Å²) in [6.07, 6.45) is 3.54. The van der Waals surface area contributed by atoms with Crippen molar-refractivity contribution in [2.24, 2.45) is 0 Å². The van der Waals surface area contributed by atoms with Crippen LogP contribution in [0.25, 0.3) is 0 Å². The fourth-order valence-electron chi connectivity index (χ4n) is 2.03. The summed E-state index contributed by atoms with van der Waals surface area (Å²) in [6.45, 7) is 1.63. The summed E-state index contributed by atoms with van der Waals surface area (Å²) in [4.78, 5) is 10.8. The smallest absolute Gasteiger partial charge is 0.335 e. The van der Waals surface area contributed by atoms with Gasteiger partial charge in [0.05, 0.1) is 22.4 Å². The molecule has 98 valence electrons. The number of ether oxygens (including phenoxy) is 1. The Morgan fingerprint density at radius 3 is 3.00 bits per heavy atom. The molecule has 0 bridgehead atoms. The fourth-order valence-corrected chi connectivity index (χ4v) is 2.28. The van der Waals surface area contributed by atoms with Crippen LogP contribution in [0.4, 0.5) is 5.69 Å². The second-order valence-corrected chi connectivity index (χ2v) is 4.76. The highest BCUT2D eigenvalue weighted by Gasteiger charge is 2.14. The number of nitrogens with one attached hydrogen (secondary N) is 1. The molecule has 1 aromatic rings. The number of aromatic carboxylic acids is 1. The second-order valence-electron chi connectivity index (χ2n) is 4.35. The molecule has 2 N–H and O–H groups in total. The summed E-state index contributed by atoms with van der Waals surface area (Å²) in [5, 5.41) is 12.5. The van der Waals surface area contributed by atoms with Crippen LogP contribution in [0.2, 0.25) is 5.02 Å². The number of carboxylic acids is 1. The maximum atomic E-state index is 10.8. The molecule has 1 aliphatic heterocycles. The highest BCUT2D eigenvalue weighted by molar-refractivity contribution is 6.33. The topological polar surface area (TPSA) is 58.6 Å². The van der Waals surface area contributed by atoms with Crippen molar-refractivity contribution in [1.29, 1.82) is 0 Å². The molecular formula is C13H16ClNO3. The summed E-state index contributed by atoms with van der Waals surface area (Å²) < 4.78 is 5.52. The molecule has 18 heavy (non-hydrogen) atoms. The summed E-state index contributed by atoms with van der Waals surface area (Å²) in [7, 11) is 0. The molecule has 0 aliphatic carbocycles. The number of carbonyl (C=O) groups is 1.